The highest BCUT2D eigenvalue weighted by atomic mass is 35.5. The summed E-state index contributed by atoms with van der Waals surface area (Å²) in [4.78, 5) is 16.0. The Kier molecular flexibility index (Phi) is 8.16. The summed E-state index contributed by atoms with van der Waals surface area (Å²) < 4.78 is 5.98. The van der Waals surface area contributed by atoms with Crippen molar-refractivity contribution in [3.05, 3.63) is 94.0 Å². The minimum atomic E-state index is -0.853. The van der Waals surface area contributed by atoms with Crippen LogP contribution in [0.15, 0.2) is 66.7 Å². The molecule has 1 atom stereocenters. The minimum absolute atomic E-state index is 0.00807. The van der Waals surface area contributed by atoms with E-state index in [1.165, 1.54) is 16.8 Å². The standard InChI is InChI=1S/C33H35ClN2O3/c1-3-5-27(20-31(37)38)26-12-14-28(15-13-26)39-22-25-10-8-24(9-11-25)21-36-18-16-33(17-19-36)23-35(2)32-29(33)6-4-7-30(32)34/h4,6-15,27H,16-23H2,1-2H3,(H,37,38)/t27-/m0/s1. The molecule has 0 aliphatic carbocycles. The topological polar surface area (TPSA) is 53.0 Å². The highest BCUT2D eigenvalue weighted by molar-refractivity contribution is 6.33. The number of benzene rings is 3. The maximum atomic E-state index is 11.1. The van der Waals surface area contributed by atoms with E-state index in [1.807, 2.05) is 30.3 Å². The Bertz CT molecular complexity index is 1370. The van der Waals surface area contributed by atoms with Crippen LogP contribution in [-0.4, -0.2) is 42.7 Å². The number of nitrogens with zero attached hydrogens (tertiary/aromatic N) is 2. The van der Waals surface area contributed by atoms with Crippen LogP contribution >= 0.6 is 11.6 Å². The Hall–Kier alpha value is -3.46. The lowest BCUT2D eigenvalue weighted by molar-refractivity contribution is -0.137. The van der Waals surface area contributed by atoms with Crippen LogP contribution in [0.4, 0.5) is 5.69 Å². The van der Waals surface area contributed by atoms with E-state index in [9.17, 15) is 4.79 Å². The number of aliphatic carboxylic acids is 1. The van der Waals surface area contributed by atoms with Crippen LogP contribution in [0.25, 0.3) is 0 Å². The van der Waals surface area contributed by atoms with E-state index in [4.69, 9.17) is 21.4 Å². The van der Waals surface area contributed by atoms with Gasteiger partial charge in [0, 0.05) is 25.6 Å². The molecule has 1 N–H and O–H groups in total. The highest BCUT2D eigenvalue weighted by Crippen LogP contribution is 2.49. The molecule has 1 saturated heterocycles. The molecule has 2 aliphatic rings. The quantitative estimate of drug-likeness (QED) is 0.330. The summed E-state index contributed by atoms with van der Waals surface area (Å²) in [6.45, 7) is 6.37. The van der Waals surface area contributed by atoms with Crippen molar-refractivity contribution < 1.29 is 14.6 Å². The molecule has 39 heavy (non-hydrogen) atoms. The minimum Gasteiger partial charge on any atom is -0.489 e. The van der Waals surface area contributed by atoms with Crippen molar-refractivity contribution in [2.24, 2.45) is 0 Å². The lowest BCUT2D eigenvalue weighted by Gasteiger charge is -2.40. The predicted octanol–water partition coefficient (Wildman–Crippen LogP) is 6.48. The number of rotatable bonds is 8. The smallest absolute Gasteiger partial charge is 0.304 e. The third kappa shape index (κ3) is 6.08. The highest BCUT2D eigenvalue weighted by Gasteiger charge is 2.44. The van der Waals surface area contributed by atoms with Crippen molar-refractivity contribution in [3.8, 4) is 17.6 Å². The Morgan fingerprint density at radius 3 is 2.41 bits per heavy atom. The van der Waals surface area contributed by atoms with E-state index in [0.29, 0.717) is 6.61 Å². The molecule has 1 spiro atoms. The van der Waals surface area contributed by atoms with Gasteiger partial charge in [0.05, 0.1) is 23.0 Å². The summed E-state index contributed by atoms with van der Waals surface area (Å²) >= 11 is 6.53. The molecular formula is C33H35ClN2O3. The molecule has 0 saturated carbocycles. The summed E-state index contributed by atoms with van der Waals surface area (Å²) in [6, 6.07) is 22.6. The SMILES string of the molecule is CC#C[C@@H](CC(=O)O)c1ccc(OCc2ccc(CN3CCC4(CC3)CN(C)c3c(Cl)cccc34)cc2)cc1. The van der Waals surface area contributed by atoms with Crippen LogP contribution in [0.2, 0.25) is 5.02 Å². The average Bonchev–Trinajstić information content (AvgIpc) is 3.21. The van der Waals surface area contributed by atoms with E-state index in [0.717, 1.165) is 60.9 Å². The number of fused-ring (bicyclic) bond motifs is 2. The van der Waals surface area contributed by atoms with E-state index >= 15 is 0 Å². The molecule has 2 heterocycles. The number of halogens is 1. The van der Waals surface area contributed by atoms with Gasteiger partial charge in [-0.15, -0.1) is 5.92 Å². The second-order valence-corrected chi connectivity index (χ2v) is 11.2. The van der Waals surface area contributed by atoms with Gasteiger partial charge >= 0.3 is 5.97 Å². The number of carboxylic acid groups (broad SMARTS) is 1. The fraction of sp³-hybridized carbons (Fsp3) is 0.364. The van der Waals surface area contributed by atoms with Gasteiger partial charge in [-0.3, -0.25) is 9.69 Å². The fourth-order valence-corrected chi connectivity index (χ4v) is 6.40. The summed E-state index contributed by atoms with van der Waals surface area (Å²) in [5.41, 5.74) is 6.17. The molecule has 0 bridgehead atoms. The van der Waals surface area contributed by atoms with Crippen LogP contribution in [0.3, 0.4) is 0 Å². The van der Waals surface area contributed by atoms with Crippen LogP contribution in [0, 0.1) is 11.8 Å². The van der Waals surface area contributed by atoms with Gasteiger partial charge in [-0.05, 0) is 73.3 Å². The van der Waals surface area contributed by atoms with Crippen molar-refractivity contribution in [1.29, 1.82) is 0 Å². The zero-order chi connectivity index (χ0) is 27.4. The third-order valence-corrected chi connectivity index (χ3v) is 8.41. The number of ether oxygens (including phenoxy) is 1. The van der Waals surface area contributed by atoms with Crippen LogP contribution < -0.4 is 9.64 Å². The third-order valence-electron chi connectivity index (χ3n) is 8.11. The number of piperidine rings is 1. The first-order chi connectivity index (χ1) is 18.9. The van der Waals surface area contributed by atoms with E-state index in [2.05, 4.69) is 65.1 Å². The second kappa shape index (κ2) is 11.7. The largest absolute Gasteiger partial charge is 0.489 e. The number of likely N-dealkylation sites (N-methyl/N-ethyl adjacent to an activating group) is 1. The first-order valence-corrected chi connectivity index (χ1v) is 13.9. The van der Waals surface area contributed by atoms with Gasteiger partial charge in [-0.25, -0.2) is 0 Å². The van der Waals surface area contributed by atoms with Crippen molar-refractivity contribution in [2.45, 2.75) is 50.7 Å². The van der Waals surface area contributed by atoms with Crippen LogP contribution in [-0.2, 0) is 23.4 Å². The van der Waals surface area contributed by atoms with Crippen molar-refractivity contribution in [1.82, 2.24) is 4.90 Å². The summed E-state index contributed by atoms with van der Waals surface area (Å²) in [5.74, 6) is 5.40. The molecular weight excluding hydrogens is 508 g/mol. The summed E-state index contributed by atoms with van der Waals surface area (Å²) in [6.07, 6.45) is 2.29. The molecule has 202 valence electrons. The molecule has 5 nitrogen and oxygen atoms in total. The number of likely N-dealkylation sites (tertiary alicyclic amines) is 1. The number of anilines is 1. The number of hydrogen-bond donors (Lipinski definition) is 1. The zero-order valence-electron chi connectivity index (χ0n) is 22.6. The van der Waals surface area contributed by atoms with Gasteiger partial charge in [0.2, 0.25) is 0 Å². The molecule has 2 aliphatic heterocycles. The molecule has 1 fully saturated rings. The van der Waals surface area contributed by atoms with Gasteiger partial charge in [-0.2, -0.15) is 0 Å². The fourth-order valence-electron chi connectivity index (χ4n) is 6.08. The zero-order valence-corrected chi connectivity index (χ0v) is 23.4. The number of carboxylic acids is 1. The Labute approximate surface area is 236 Å². The van der Waals surface area contributed by atoms with Gasteiger partial charge in [-0.1, -0.05) is 66.1 Å². The van der Waals surface area contributed by atoms with Crippen molar-refractivity contribution >= 4 is 23.3 Å². The molecule has 0 aromatic heterocycles. The lowest BCUT2D eigenvalue weighted by Crippen LogP contribution is -2.44. The first kappa shape index (κ1) is 27.1. The normalized spacial score (nSPS) is 16.8. The monoisotopic (exact) mass is 542 g/mol. The van der Waals surface area contributed by atoms with E-state index in [-0.39, 0.29) is 17.8 Å². The van der Waals surface area contributed by atoms with Crippen molar-refractivity contribution in [2.75, 3.05) is 31.6 Å². The lowest BCUT2D eigenvalue weighted by atomic mass is 9.74. The molecule has 0 unspecified atom stereocenters. The van der Waals surface area contributed by atoms with Gasteiger partial charge in [0.1, 0.15) is 12.4 Å². The molecule has 5 rings (SSSR count). The van der Waals surface area contributed by atoms with Crippen molar-refractivity contribution in [3.63, 3.8) is 0 Å². The molecule has 0 radical (unpaired) electrons. The Balaban J connectivity index is 1.12. The Morgan fingerprint density at radius 1 is 1.05 bits per heavy atom. The van der Waals surface area contributed by atoms with Gasteiger partial charge < -0.3 is 14.7 Å². The summed E-state index contributed by atoms with van der Waals surface area (Å²) in [7, 11) is 2.16. The number of hydrogen-bond acceptors (Lipinski definition) is 4. The van der Waals surface area contributed by atoms with Crippen LogP contribution in [0.5, 0.6) is 5.75 Å². The average molecular weight is 543 g/mol. The second-order valence-electron chi connectivity index (χ2n) is 10.8. The number of carbonyl (C=O) groups is 1. The van der Waals surface area contributed by atoms with Crippen LogP contribution in [0.1, 0.15) is 54.4 Å². The molecule has 6 heteroatoms. The van der Waals surface area contributed by atoms with E-state index in [1.54, 1.807) is 6.92 Å². The molecule has 0 amide bonds. The maximum Gasteiger partial charge on any atom is 0.304 e. The Morgan fingerprint density at radius 2 is 1.74 bits per heavy atom. The molecule has 3 aromatic carbocycles. The van der Waals surface area contributed by atoms with Gasteiger partial charge in [0.15, 0.2) is 0 Å². The number of para-hydroxylation sites is 1. The first-order valence-electron chi connectivity index (χ1n) is 13.5. The maximum absolute atomic E-state index is 11.1. The predicted molar refractivity (Wildman–Crippen MR) is 157 cm³/mol. The van der Waals surface area contributed by atoms with E-state index < -0.39 is 5.97 Å². The van der Waals surface area contributed by atoms with Gasteiger partial charge in [0.25, 0.3) is 0 Å². The molecule has 3 aromatic rings. The summed E-state index contributed by atoms with van der Waals surface area (Å²) in [5, 5.41) is 10.0.